The molecule has 0 heterocycles. The summed E-state index contributed by atoms with van der Waals surface area (Å²) in [6, 6.07) is 7.46. The van der Waals surface area contributed by atoms with E-state index in [1.165, 1.54) is 0 Å². The third-order valence-electron chi connectivity index (χ3n) is 2.59. The third-order valence-corrected chi connectivity index (χ3v) is 2.96. The highest BCUT2D eigenvalue weighted by molar-refractivity contribution is 6.31. The van der Waals surface area contributed by atoms with E-state index in [1.54, 1.807) is 0 Å². The van der Waals surface area contributed by atoms with Crippen molar-refractivity contribution < 1.29 is 4.79 Å². The highest BCUT2D eigenvalue weighted by atomic mass is 35.5. The first-order valence-corrected chi connectivity index (χ1v) is 6.47. The molecular weight excluding hydrogens is 234 g/mol. The van der Waals surface area contributed by atoms with Crippen LogP contribution in [0.2, 0.25) is 5.02 Å². The Kier molecular flexibility index (Phi) is 6.06. The molecule has 1 rings (SSSR count). The van der Waals surface area contributed by atoms with Crippen molar-refractivity contribution in [2.45, 2.75) is 33.1 Å². The molecule has 1 amide bonds. The van der Waals surface area contributed by atoms with E-state index in [2.05, 4.69) is 19.2 Å². The van der Waals surface area contributed by atoms with E-state index in [9.17, 15) is 4.79 Å². The SMILES string of the molecule is CC(C)CCCNC(=O)Cc1ccccc1Cl. The molecule has 0 saturated heterocycles. The Bertz CT molecular complexity index is 363. The molecule has 2 nitrogen and oxygen atoms in total. The van der Waals surface area contributed by atoms with E-state index in [0.717, 1.165) is 24.9 Å². The van der Waals surface area contributed by atoms with Gasteiger partial charge < -0.3 is 5.32 Å². The van der Waals surface area contributed by atoms with Crippen molar-refractivity contribution >= 4 is 17.5 Å². The van der Waals surface area contributed by atoms with Gasteiger partial charge in [-0.1, -0.05) is 43.6 Å². The number of halogens is 1. The van der Waals surface area contributed by atoms with Crippen LogP contribution in [-0.2, 0) is 11.2 Å². The van der Waals surface area contributed by atoms with Crippen molar-refractivity contribution in [2.75, 3.05) is 6.54 Å². The monoisotopic (exact) mass is 253 g/mol. The average Bonchev–Trinajstić information content (AvgIpc) is 2.27. The molecule has 1 aromatic carbocycles. The highest BCUT2D eigenvalue weighted by Crippen LogP contribution is 2.15. The van der Waals surface area contributed by atoms with Crippen LogP contribution in [0.15, 0.2) is 24.3 Å². The molecule has 0 spiro atoms. The largest absolute Gasteiger partial charge is 0.356 e. The maximum absolute atomic E-state index is 11.6. The van der Waals surface area contributed by atoms with E-state index in [4.69, 9.17) is 11.6 Å². The molecule has 0 bridgehead atoms. The van der Waals surface area contributed by atoms with Crippen molar-refractivity contribution in [2.24, 2.45) is 5.92 Å². The van der Waals surface area contributed by atoms with Gasteiger partial charge in [0, 0.05) is 11.6 Å². The second-order valence-electron chi connectivity index (χ2n) is 4.65. The fraction of sp³-hybridized carbons (Fsp3) is 0.500. The number of carbonyl (C=O) groups excluding carboxylic acids is 1. The summed E-state index contributed by atoms with van der Waals surface area (Å²) in [7, 11) is 0. The van der Waals surface area contributed by atoms with Crippen LogP contribution in [-0.4, -0.2) is 12.5 Å². The number of nitrogens with one attached hydrogen (secondary N) is 1. The minimum atomic E-state index is 0.0434. The lowest BCUT2D eigenvalue weighted by Crippen LogP contribution is -2.26. The van der Waals surface area contributed by atoms with Crippen LogP contribution in [0.3, 0.4) is 0 Å². The summed E-state index contributed by atoms with van der Waals surface area (Å²) in [6.07, 6.45) is 2.54. The lowest BCUT2D eigenvalue weighted by Gasteiger charge is -2.07. The van der Waals surface area contributed by atoms with Gasteiger partial charge in [-0.05, 0) is 30.4 Å². The van der Waals surface area contributed by atoms with Crippen LogP contribution in [0.25, 0.3) is 0 Å². The topological polar surface area (TPSA) is 29.1 Å². The standard InChI is InChI=1S/C14H20ClNO/c1-11(2)6-5-9-16-14(17)10-12-7-3-4-8-13(12)15/h3-4,7-8,11H,5-6,9-10H2,1-2H3,(H,16,17). The Hall–Kier alpha value is -1.02. The van der Waals surface area contributed by atoms with E-state index < -0.39 is 0 Å². The molecule has 1 N–H and O–H groups in total. The molecule has 0 aliphatic carbocycles. The van der Waals surface area contributed by atoms with Crippen molar-refractivity contribution in [3.05, 3.63) is 34.9 Å². The Balaban J connectivity index is 2.28. The van der Waals surface area contributed by atoms with E-state index in [0.29, 0.717) is 17.4 Å². The first-order valence-electron chi connectivity index (χ1n) is 6.09. The molecule has 1 aromatic rings. The first kappa shape index (κ1) is 14.0. The predicted molar refractivity (Wildman–Crippen MR) is 72.2 cm³/mol. The van der Waals surface area contributed by atoms with Gasteiger partial charge in [-0.25, -0.2) is 0 Å². The van der Waals surface area contributed by atoms with E-state index >= 15 is 0 Å². The van der Waals surface area contributed by atoms with Crippen molar-refractivity contribution in [1.29, 1.82) is 0 Å². The molecule has 94 valence electrons. The summed E-state index contributed by atoms with van der Waals surface area (Å²) in [5.74, 6) is 0.734. The zero-order valence-electron chi connectivity index (χ0n) is 10.5. The maximum atomic E-state index is 11.6. The Morgan fingerprint density at radius 3 is 2.71 bits per heavy atom. The average molecular weight is 254 g/mol. The number of rotatable bonds is 6. The predicted octanol–water partition coefficient (Wildman–Crippen LogP) is 3.43. The van der Waals surface area contributed by atoms with Crippen LogP contribution in [0.4, 0.5) is 0 Å². The summed E-state index contributed by atoms with van der Waals surface area (Å²) >= 11 is 5.99. The Morgan fingerprint density at radius 1 is 1.35 bits per heavy atom. The van der Waals surface area contributed by atoms with Gasteiger partial charge in [0.2, 0.25) is 5.91 Å². The molecule has 17 heavy (non-hydrogen) atoms. The summed E-state index contributed by atoms with van der Waals surface area (Å²) < 4.78 is 0. The van der Waals surface area contributed by atoms with Gasteiger partial charge in [-0.2, -0.15) is 0 Å². The van der Waals surface area contributed by atoms with Crippen LogP contribution < -0.4 is 5.32 Å². The van der Waals surface area contributed by atoms with Gasteiger partial charge in [-0.15, -0.1) is 0 Å². The lowest BCUT2D eigenvalue weighted by molar-refractivity contribution is -0.120. The van der Waals surface area contributed by atoms with Crippen LogP contribution >= 0.6 is 11.6 Å². The van der Waals surface area contributed by atoms with Crippen LogP contribution in [0.1, 0.15) is 32.3 Å². The summed E-state index contributed by atoms with van der Waals surface area (Å²) in [5.41, 5.74) is 0.885. The zero-order valence-corrected chi connectivity index (χ0v) is 11.3. The smallest absolute Gasteiger partial charge is 0.224 e. The molecule has 0 aliphatic heterocycles. The lowest BCUT2D eigenvalue weighted by atomic mass is 10.1. The van der Waals surface area contributed by atoms with Gasteiger partial charge in [-0.3, -0.25) is 4.79 Å². The third kappa shape index (κ3) is 5.73. The first-order chi connectivity index (χ1) is 8.09. The summed E-state index contributed by atoms with van der Waals surface area (Å²) in [4.78, 5) is 11.6. The minimum Gasteiger partial charge on any atom is -0.356 e. The van der Waals surface area contributed by atoms with Crippen molar-refractivity contribution in [1.82, 2.24) is 5.32 Å². The van der Waals surface area contributed by atoms with Gasteiger partial charge in [0.05, 0.1) is 6.42 Å². The minimum absolute atomic E-state index is 0.0434. The van der Waals surface area contributed by atoms with E-state index in [1.807, 2.05) is 24.3 Å². The van der Waals surface area contributed by atoms with Gasteiger partial charge >= 0.3 is 0 Å². The number of hydrogen-bond acceptors (Lipinski definition) is 1. The van der Waals surface area contributed by atoms with Crippen molar-refractivity contribution in [3.8, 4) is 0 Å². The highest BCUT2D eigenvalue weighted by Gasteiger charge is 2.05. The fourth-order valence-electron chi connectivity index (χ4n) is 1.62. The number of carbonyl (C=O) groups is 1. The second-order valence-corrected chi connectivity index (χ2v) is 5.06. The molecule has 0 aliphatic rings. The Labute approximate surface area is 108 Å². The molecule has 0 aromatic heterocycles. The maximum Gasteiger partial charge on any atom is 0.224 e. The second kappa shape index (κ2) is 7.33. The number of hydrogen-bond donors (Lipinski definition) is 1. The summed E-state index contributed by atoms with van der Waals surface area (Å²) in [5, 5.41) is 3.57. The zero-order chi connectivity index (χ0) is 12.7. The Morgan fingerprint density at radius 2 is 2.06 bits per heavy atom. The molecule has 0 fully saturated rings. The molecule has 0 unspecified atom stereocenters. The van der Waals surface area contributed by atoms with Crippen LogP contribution in [0.5, 0.6) is 0 Å². The van der Waals surface area contributed by atoms with Crippen LogP contribution in [0, 0.1) is 5.92 Å². The number of benzene rings is 1. The van der Waals surface area contributed by atoms with Gasteiger partial charge in [0.25, 0.3) is 0 Å². The molecule has 0 atom stereocenters. The summed E-state index contributed by atoms with van der Waals surface area (Å²) in [6.45, 7) is 5.12. The molecule has 0 saturated carbocycles. The van der Waals surface area contributed by atoms with Gasteiger partial charge in [0.1, 0.15) is 0 Å². The van der Waals surface area contributed by atoms with Gasteiger partial charge in [0.15, 0.2) is 0 Å². The van der Waals surface area contributed by atoms with Crippen molar-refractivity contribution in [3.63, 3.8) is 0 Å². The quantitative estimate of drug-likeness (QED) is 0.774. The van der Waals surface area contributed by atoms with E-state index in [-0.39, 0.29) is 5.91 Å². The molecular formula is C14H20ClNO. The fourth-order valence-corrected chi connectivity index (χ4v) is 1.82. The molecule has 3 heteroatoms. The molecule has 0 radical (unpaired) electrons. The normalized spacial score (nSPS) is 10.6. The number of amides is 1.